The van der Waals surface area contributed by atoms with Crippen LogP contribution in [0.5, 0.6) is 11.5 Å². The number of hydrogen-bond donors (Lipinski definition) is 1. The molecule has 2 aromatic rings. The molecule has 1 heterocycles. The lowest BCUT2D eigenvalue weighted by Gasteiger charge is -2.25. The van der Waals surface area contributed by atoms with E-state index in [1.807, 2.05) is 42.5 Å². The molecular formula is C22H27NO3. The van der Waals surface area contributed by atoms with Crippen molar-refractivity contribution in [2.75, 3.05) is 26.3 Å². The Balaban J connectivity index is 1.48. The second-order valence-corrected chi connectivity index (χ2v) is 7.73. The summed E-state index contributed by atoms with van der Waals surface area (Å²) in [5.41, 5.74) is 0.961. The van der Waals surface area contributed by atoms with Crippen LogP contribution in [0.15, 0.2) is 48.5 Å². The van der Waals surface area contributed by atoms with Gasteiger partial charge in [0.1, 0.15) is 30.3 Å². The van der Waals surface area contributed by atoms with Gasteiger partial charge in [0.15, 0.2) is 0 Å². The number of aliphatic hydroxyl groups is 1. The molecule has 1 aliphatic heterocycles. The second-order valence-electron chi connectivity index (χ2n) is 7.73. The van der Waals surface area contributed by atoms with Crippen LogP contribution in [0.3, 0.4) is 0 Å². The molecule has 4 heteroatoms. The Hall–Kier alpha value is -2.04. The summed E-state index contributed by atoms with van der Waals surface area (Å²) < 4.78 is 11.7. The Morgan fingerprint density at radius 3 is 2.77 bits per heavy atom. The van der Waals surface area contributed by atoms with Crippen molar-refractivity contribution >= 4 is 0 Å². The summed E-state index contributed by atoms with van der Waals surface area (Å²) in [5, 5.41) is 11.0. The van der Waals surface area contributed by atoms with Crippen LogP contribution in [-0.4, -0.2) is 36.3 Å². The Bertz CT molecular complexity index is 740. The van der Waals surface area contributed by atoms with Crippen LogP contribution < -0.4 is 9.47 Å². The first-order valence-corrected chi connectivity index (χ1v) is 9.49. The molecule has 0 amide bonds. The van der Waals surface area contributed by atoms with Crippen LogP contribution in [-0.2, 0) is 12.1 Å². The quantitative estimate of drug-likeness (QED) is 0.862. The lowest BCUT2D eigenvalue weighted by atomic mass is 9.94. The van der Waals surface area contributed by atoms with Gasteiger partial charge in [0.25, 0.3) is 0 Å². The third kappa shape index (κ3) is 4.19. The third-order valence-corrected chi connectivity index (χ3v) is 5.22. The molecule has 0 saturated heterocycles. The Labute approximate surface area is 155 Å². The summed E-state index contributed by atoms with van der Waals surface area (Å²) in [5.74, 6) is 2.57. The van der Waals surface area contributed by atoms with Crippen LogP contribution in [0, 0.1) is 5.92 Å². The predicted octanol–water partition coefficient (Wildman–Crippen LogP) is 3.58. The average molecular weight is 353 g/mol. The normalized spacial score (nSPS) is 19.8. The number of hydrogen-bond acceptors (Lipinski definition) is 4. The van der Waals surface area contributed by atoms with Crippen molar-refractivity contribution < 1.29 is 14.6 Å². The molecular weight excluding hydrogens is 326 g/mol. The molecule has 4 rings (SSSR count). The minimum atomic E-state index is -1.06. The van der Waals surface area contributed by atoms with E-state index in [0.717, 1.165) is 54.8 Å². The number of fused-ring (bicyclic) bond motifs is 1. The smallest absolute Gasteiger partial charge is 0.123 e. The van der Waals surface area contributed by atoms with Gasteiger partial charge in [-0.2, -0.15) is 0 Å². The number of ether oxygens (including phenoxy) is 2. The molecule has 1 saturated carbocycles. The lowest BCUT2D eigenvalue weighted by Crippen LogP contribution is -2.30. The Morgan fingerprint density at radius 2 is 2.00 bits per heavy atom. The molecule has 1 fully saturated rings. The van der Waals surface area contributed by atoms with E-state index in [0.29, 0.717) is 0 Å². The zero-order valence-corrected chi connectivity index (χ0v) is 15.4. The van der Waals surface area contributed by atoms with E-state index < -0.39 is 5.60 Å². The molecule has 26 heavy (non-hydrogen) atoms. The van der Waals surface area contributed by atoms with Crippen LogP contribution in [0.4, 0.5) is 0 Å². The Morgan fingerprint density at radius 1 is 1.19 bits per heavy atom. The van der Waals surface area contributed by atoms with Crippen molar-refractivity contribution in [1.29, 1.82) is 0 Å². The van der Waals surface area contributed by atoms with Gasteiger partial charge in [-0.05, 0) is 55.5 Å². The van der Waals surface area contributed by atoms with Crippen LogP contribution in [0.1, 0.15) is 30.9 Å². The van der Waals surface area contributed by atoms with Crippen molar-refractivity contribution in [3.8, 4) is 11.5 Å². The molecule has 1 aliphatic carbocycles. The van der Waals surface area contributed by atoms with Crippen LogP contribution >= 0.6 is 0 Å². The maximum Gasteiger partial charge on any atom is 0.123 e. The predicted molar refractivity (Wildman–Crippen MR) is 101 cm³/mol. The summed E-state index contributed by atoms with van der Waals surface area (Å²) in [7, 11) is 0. The van der Waals surface area contributed by atoms with Gasteiger partial charge in [0.05, 0.1) is 0 Å². The first kappa shape index (κ1) is 17.4. The summed E-state index contributed by atoms with van der Waals surface area (Å²) >= 11 is 0. The largest absolute Gasteiger partial charge is 0.492 e. The molecule has 138 valence electrons. The highest BCUT2D eigenvalue weighted by Crippen LogP contribution is 2.33. The van der Waals surface area contributed by atoms with Gasteiger partial charge in [-0.25, -0.2) is 0 Å². The maximum atomic E-state index is 11.0. The van der Waals surface area contributed by atoms with Gasteiger partial charge in [-0.1, -0.05) is 24.3 Å². The average Bonchev–Trinajstić information content (AvgIpc) is 3.47. The van der Waals surface area contributed by atoms with Gasteiger partial charge < -0.3 is 14.6 Å². The highest BCUT2D eigenvalue weighted by atomic mass is 16.5. The summed E-state index contributed by atoms with van der Waals surface area (Å²) in [6.07, 6.45) is 2.71. The van der Waals surface area contributed by atoms with Crippen molar-refractivity contribution in [3.05, 3.63) is 59.7 Å². The summed E-state index contributed by atoms with van der Waals surface area (Å²) in [6.45, 7) is 5.75. The first-order valence-electron chi connectivity index (χ1n) is 9.49. The van der Waals surface area contributed by atoms with Gasteiger partial charge in [0, 0.05) is 25.2 Å². The lowest BCUT2D eigenvalue weighted by molar-refractivity contribution is 0.00748. The minimum absolute atomic E-state index is 0.211. The second kappa shape index (κ2) is 7.29. The van der Waals surface area contributed by atoms with Crippen LogP contribution in [0.2, 0.25) is 0 Å². The zero-order valence-electron chi connectivity index (χ0n) is 15.4. The van der Waals surface area contributed by atoms with Crippen molar-refractivity contribution in [1.82, 2.24) is 4.90 Å². The standard InChI is InChI=1S/C22H27NO3/c1-22(24,16-26-20-5-3-2-4-6-20)19-9-10-21-18(13-19)15-23(11-12-25-21)14-17-7-8-17/h2-6,9-10,13,17,24H,7-8,11-12,14-16H2,1H3. The van der Waals surface area contributed by atoms with E-state index in [4.69, 9.17) is 9.47 Å². The van der Waals surface area contributed by atoms with Gasteiger partial charge in [0.2, 0.25) is 0 Å². The van der Waals surface area contributed by atoms with Crippen molar-refractivity contribution in [2.45, 2.75) is 31.9 Å². The third-order valence-electron chi connectivity index (χ3n) is 5.22. The summed E-state index contributed by atoms with van der Waals surface area (Å²) in [4.78, 5) is 2.47. The molecule has 0 radical (unpaired) electrons. The molecule has 1 atom stereocenters. The fourth-order valence-electron chi connectivity index (χ4n) is 3.43. The van der Waals surface area contributed by atoms with Gasteiger partial charge in [-0.3, -0.25) is 4.90 Å². The molecule has 0 bridgehead atoms. The van der Waals surface area contributed by atoms with E-state index in [1.165, 1.54) is 12.8 Å². The zero-order chi connectivity index (χ0) is 18.0. The monoisotopic (exact) mass is 353 g/mol. The number of nitrogens with zero attached hydrogens (tertiary/aromatic N) is 1. The molecule has 0 aromatic heterocycles. The molecule has 1 unspecified atom stereocenters. The summed E-state index contributed by atoms with van der Waals surface area (Å²) in [6, 6.07) is 15.6. The Kier molecular flexibility index (Phi) is 4.88. The fourth-order valence-corrected chi connectivity index (χ4v) is 3.43. The topological polar surface area (TPSA) is 41.9 Å². The highest BCUT2D eigenvalue weighted by molar-refractivity contribution is 5.40. The van der Waals surface area contributed by atoms with Crippen molar-refractivity contribution in [2.24, 2.45) is 5.92 Å². The van der Waals surface area contributed by atoms with Gasteiger partial charge >= 0.3 is 0 Å². The minimum Gasteiger partial charge on any atom is -0.492 e. The number of para-hydroxylation sites is 1. The maximum absolute atomic E-state index is 11.0. The number of benzene rings is 2. The SMILES string of the molecule is CC(O)(COc1ccccc1)c1ccc2c(c1)CN(CC1CC1)CCO2. The molecule has 2 aromatic carbocycles. The van der Waals surface area contributed by atoms with Gasteiger partial charge in [-0.15, -0.1) is 0 Å². The highest BCUT2D eigenvalue weighted by Gasteiger charge is 2.28. The van der Waals surface area contributed by atoms with Crippen molar-refractivity contribution in [3.63, 3.8) is 0 Å². The van der Waals surface area contributed by atoms with E-state index >= 15 is 0 Å². The van der Waals surface area contributed by atoms with E-state index in [1.54, 1.807) is 6.92 Å². The van der Waals surface area contributed by atoms with E-state index in [2.05, 4.69) is 11.0 Å². The fraction of sp³-hybridized carbons (Fsp3) is 0.455. The first-order chi connectivity index (χ1) is 12.6. The number of rotatable bonds is 6. The van der Waals surface area contributed by atoms with E-state index in [9.17, 15) is 5.11 Å². The molecule has 2 aliphatic rings. The van der Waals surface area contributed by atoms with E-state index in [-0.39, 0.29) is 6.61 Å². The molecule has 4 nitrogen and oxygen atoms in total. The molecule has 0 spiro atoms. The van der Waals surface area contributed by atoms with Crippen LogP contribution in [0.25, 0.3) is 0 Å². The molecule has 1 N–H and O–H groups in total.